The number of rotatable bonds is 9. The van der Waals surface area contributed by atoms with Crippen molar-refractivity contribution in [3.05, 3.63) is 76.8 Å². The second-order valence-corrected chi connectivity index (χ2v) is 9.84. The highest BCUT2D eigenvalue weighted by atomic mass is 35.5. The van der Waals surface area contributed by atoms with Crippen molar-refractivity contribution >= 4 is 29.1 Å². The quantitative estimate of drug-likeness (QED) is 0.413. The lowest BCUT2D eigenvalue weighted by Crippen LogP contribution is -2.42. The highest BCUT2D eigenvalue weighted by Gasteiger charge is 2.29. The summed E-state index contributed by atoms with van der Waals surface area (Å²) in [6, 6.07) is 16.9. The molecule has 2 aliphatic heterocycles. The summed E-state index contributed by atoms with van der Waals surface area (Å²) in [6.45, 7) is 4.70. The molecular weight excluding hydrogens is 444 g/mol. The molecule has 0 N–H and O–H groups in total. The van der Waals surface area contributed by atoms with Gasteiger partial charge in [0, 0.05) is 49.1 Å². The van der Waals surface area contributed by atoms with E-state index in [-0.39, 0.29) is 0 Å². The number of hydrogen-bond acceptors (Lipinski definition) is 4. The minimum absolute atomic E-state index is 0.645. The van der Waals surface area contributed by atoms with Crippen LogP contribution in [0.4, 0.5) is 0 Å². The number of aliphatic imine (C=N–C) groups is 1. The fraction of sp³-hybridized carbons (Fsp3) is 0.414. The maximum atomic E-state index is 6.13. The van der Waals surface area contributed by atoms with E-state index in [1.807, 2.05) is 30.5 Å². The Morgan fingerprint density at radius 2 is 1.65 bits per heavy atom. The molecule has 1 saturated carbocycles. The van der Waals surface area contributed by atoms with Gasteiger partial charge in [0.25, 0.3) is 0 Å². The van der Waals surface area contributed by atoms with Crippen LogP contribution in [0.25, 0.3) is 11.3 Å². The minimum atomic E-state index is 0.645. The van der Waals surface area contributed by atoms with Crippen molar-refractivity contribution in [2.45, 2.75) is 38.1 Å². The third-order valence-corrected chi connectivity index (χ3v) is 7.12. The predicted molar refractivity (Wildman–Crippen MR) is 141 cm³/mol. The molecule has 5 rings (SSSR count). The summed E-state index contributed by atoms with van der Waals surface area (Å²) in [6.07, 6.45) is 12.2. The molecule has 178 valence electrons. The summed E-state index contributed by atoms with van der Waals surface area (Å²) in [5, 5.41) is 0.746. The van der Waals surface area contributed by atoms with Gasteiger partial charge in [-0.05, 0) is 85.6 Å². The van der Waals surface area contributed by atoms with E-state index in [9.17, 15) is 0 Å². The molecule has 1 saturated heterocycles. The number of allylic oxidation sites excluding steroid dienone is 3. The van der Waals surface area contributed by atoms with Crippen LogP contribution in [0.15, 0.2) is 65.7 Å². The normalized spacial score (nSPS) is 19.0. The lowest BCUT2D eigenvalue weighted by Gasteiger charge is -2.34. The van der Waals surface area contributed by atoms with Crippen molar-refractivity contribution in [1.29, 1.82) is 0 Å². The molecule has 34 heavy (non-hydrogen) atoms. The Balaban J connectivity index is 1.15. The predicted octanol–water partition coefficient (Wildman–Crippen LogP) is 6.51. The van der Waals surface area contributed by atoms with Crippen LogP contribution in [-0.4, -0.2) is 50.1 Å². The highest BCUT2D eigenvalue weighted by molar-refractivity contribution is 6.30. The second-order valence-electron chi connectivity index (χ2n) is 9.40. The molecule has 0 amide bonds. The summed E-state index contributed by atoms with van der Waals surface area (Å²) in [4.78, 5) is 7.39. The molecule has 1 aliphatic carbocycles. The van der Waals surface area contributed by atoms with Gasteiger partial charge in [-0.15, -0.1) is 0 Å². The van der Waals surface area contributed by atoms with Gasteiger partial charge in [0.15, 0.2) is 0 Å². The molecule has 2 fully saturated rings. The van der Waals surface area contributed by atoms with Gasteiger partial charge in [0.1, 0.15) is 12.4 Å². The van der Waals surface area contributed by atoms with Crippen molar-refractivity contribution < 1.29 is 9.47 Å². The van der Waals surface area contributed by atoms with Gasteiger partial charge in [-0.1, -0.05) is 35.9 Å². The lowest BCUT2D eigenvalue weighted by molar-refractivity contribution is 0.0276. The zero-order valence-corrected chi connectivity index (χ0v) is 20.4. The minimum Gasteiger partial charge on any atom is -0.492 e. The van der Waals surface area contributed by atoms with Crippen LogP contribution in [-0.2, 0) is 4.74 Å². The van der Waals surface area contributed by atoms with E-state index in [2.05, 4.69) is 41.3 Å². The van der Waals surface area contributed by atoms with Crippen molar-refractivity contribution in [3.8, 4) is 5.75 Å². The van der Waals surface area contributed by atoms with E-state index in [4.69, 9.17) is 26.1 Å². The molecule has 0 unspecified atom stereocenters. The molecule has 2 aromatic carbocycles. The molecule has 0 spiro atoms. The van der Waals surface area contributed by atoms with Crippen LogP contribution >= 0.6 is 11.6 Å². The Morgan fingerprint density at radius 1 is 0.912 bits per heavy atom. The molecule has 2 aromatic rings. The summed E-state index contributed by atoms with van der Waals surface area (Å²) >= 11 is 6.02. The molecule has 2 heterocycles. The standard InChI is InChI=1S/C29H33ClN2O2/c30-26-10-6-23(7-11-26)25-2-1-3-29(31-20-25)24-8-12-28(13-9-24)34-19-16-32(21-22-4-5-22)27-14-17-33-18-15-27/h2-3,6-13,20,22,27H,1,4-5,14-19,21H2. The first kappa shape index (κ1) is 23.3. The molecule has 5 heteroatoms. The summed E-state index contributed by atoms with van der Waals surface area (Å²) in [7, 11) is 0. The van der Waals surface area contributed by atoms with Crippen molar-refractivity contribution in [3.63, 3.8) is 0 Å². The van der Waals surface area contributed by atoms with Crippen molar-refractivity contribution in [2.24, 2.45) is 10.9 Å². The van der Waals surface area contributed by atoms with Gasteiger partial charge >= 0.3 is 0 Å². The molecular formula is C29H33ClN2O2. The number of ether oxygens (including phenoxy) is 2. The highest BCUT2D eigenvalue weighted by Crippen LogP contribution is 2.31. The first-order valence-electron chi connectivity index (χ1n) is 12.5. The first-order chi connectivity index (χ1) is 16.7. The smallest absolute Gasteiger partial charge is 0.119 e. The van der Waals surface area contributed by atoms with Gasteiger partial charge in [0.05, 0.1) is 5.70 Å². The topological polar surface area (TPSA) is 34.1 Å². The van der Waals surface area contributed by atoms with E-state index in [1.54, 1.807) is 0 Å². The van der Waals surface area contributed by atoms with E-state index >= 15 is 0 Å². The molecule has 3 aliphatic rings. The lowest BCUT2D eigenvalue weighted by atomic mass is 10.1. The zero-order chi connectivity index (χ0) is 23.2. The number of benzene rings is 2. The summed E-state index contributed by atoms with van der Waals surface area (Å²) in [5.74, 6) is 1.81. The average molecular weight is 477 g/mol. The van der Waals surface area contributed by atoms with Crippen molar-refractivity contribution in [2.75, 3.05) is 32.9 Å². The maximum absolute atomic E-state index is 6.13. The number of nitrogens with zero attached hydrogens (tertiary/aromatic N) is 2. The average Bonchev–Trinajstić information content (AvgIpc) is 3.72. The van der Waals surface area contributed by atoms with Crippen LogP contribution in [0.3, 0.4) is 0 Å². The van der Waals surface area contributed by atoms with Crippen LogP contribution in [0, 0.1) is 5.92 Å². The maximum Gasteiger partial charge on any atom is 0.119 e. The van der Waals surface area contributed by atoms with Crippen LogP contribution in [0.5, 0.6) is 5.75 Å². The Morgan fingerprint density at radius 3 is 2.38 bits per heavy atom. The van der Waals surface area contributed by atoms with Crippen molar-refractivity contribution in [1.82, 2.24) is 4.90 Å². The Labute approximate surface area is 207 Å². The summed E-state index contributed by atoms with van der Waals surface area (Å²) in [5.41, 5.74) is 4.33. The van der Waals surface area contributed by atoms with E-state index in [0.717, 1.165) is 84.7 Å². The fourth-order valence-electron chi connectivity index (χ4n) is 4.68. The van der Waals surface area contributed by atoms with Gasteiger partial charge < -0.3 is 9.47 Å². The third-order valence-electron chi connectivity index (χ3n) is 6.86. The van der Waals surface area contributed by atoms with Gasteiger partial charge in [-0.25, -0.2) is 0 Å². The molecule has 0 bridgehead atoms. The van der Waals surface area contributed by atoms with Crippen LogP contribution < -0.4 is 4.74 Å². The summed E-state index contributed by atoms with van der Waals surface area (Å²) < 4.78 is 11.7. The SMILES string of the molecule is Clc1ccc(C2=CCC=C(c3ccc(OCCN(CC4CC4)C4CCOCC4)cc3)N=C2)cc1. The van der Waals surface area contributed by atoms with Gasteiger partial charge in [-0.3, -0.25) is 9.89 Å². The fourth-order valence-corrected chi connectivity index (χ4v) is 4.80. The van der Waals surface area contributed by atoms with E-state index < -0.39 is 0 Å². The largest absolute Gasteiger partial charge is 0.492 e. The second kappa shape index (κ2) is 11.4. The zero-order valence-electron chi connectivity index (χ0n) is 19.7. The first-order valence-corrected chi connectivity index (χ1v) is 12.9. The molecule has 0 atom stereocenters. The Kier molecular flexibility index (Phi) is 7.79. The third kappa shape index (κ3) is 6.38. The van der Waals surface area contributed by atoms with Crippen LogP contribution in [0.1, 0.15) is 43.2 Å². The van der Waals surface area contributed by atoms with Crippen LogP contribution in [0.2, 0.25) is 5.02 Å². The number of halogens is 1. The Hall–Kier alpha value is -2.40. The van der Waals surface area contributed by atoms with Gasteiger partial charge in [-0.2, -0.15) is 0 Å². The molecule has 0 aromatic heterocycles. The number of hydrogen-bond donors (Lipinski definition) is 0. The Bertz CT molecular complexity index is 1030. The monoisotopic (exact) mass is 476 g/mol. The van der Waals surface area contributed by atoms with E-state index in [1.165, 1.54) is 19.4 Å². The molecule has 0 radical (unpaired) electrons. The molecule has 4 nitrogen and oxygen atoms in total. The van der Waals surface area contributed by atoms with E-state index in [0.29, 0.717) is 6.04 Å². The van der Waals surface area contributed by atoms with Gasteiger partial charge in [0.2, 0.25) is 0 Å².